The van der Waals surface area contributed by atoms with Gasteiger partial charge in [0.2, 0.25) is 0 Å². The molecule has 0 amide bonds. The molecule has 1 atom stereocenters. The normalized spacial score (nSPS) is 12.8. The van der Waals surface area contributed by atoms with Crippen LogP contribution >= 0.6 is 0 Å². The van der Waals surface area contributed by atoms with Crippen LogP contribution in [0.15, 0.2) is 18.2 Å². The number of hydrogen-bond donors (Lipinski definition) is 1. The van der Waals surface area contributed by atoms with Gasteiger partial charge in [-0.05, 0) is 44.4 Å². The van der Waals surface area contributed by atoms with Gasteiger partial charge in [0.25, 0.3) is 0 Å². The van der Waals surface area contributed by atoms with Gasteiger partial charge in [-0.2, -0.15) is 0 Å². The van der Waals surface area contributed by atoms with Gasteiger partial charge in [0.05, 0.1) is 0 Å². The Bertz CT molecular complexity index is 360. The average molecular weight is 249 g/mol. The SMILES string of the molecule is CCCNC(COc1ccc(C)cc1C)C(C)C. The predicted octanol–water partition coefficient (Wildman–Crippen LogP) is 3.71. The van der Waals surface area contributed by atoms with Crippen molar-refractivity contribution in [1.82, 2.24) is 5.32 Å². The first-order valence-electron chi connectivity index (χ1n) is 6.98. The van der Waals surface area contributed by atoms with E-state index in [9.17, 15) is 0 Å². The summed E-state index contributed by atoms with van der Waals surface area (Å²) < 4.78 is 5.95. The van der Waals surface area contributed by atoms with E-state index < -0.39 is 0 Å². The summed E-state index contributed by atoms with van der Waals surface area (Å²) in [5, 5.41) is 3.54. The molecule has 0 aliphatic carbocycles. The summed E-state index contributed by atoms with van der Waals surface area (Å²) in [6.07, 6.45) is 1.16. The molecule has 0 aliphatic heterocycles. The highest BCUT2D eigenvalue weighted by Crippen LogP contribution is 2.19. The molecule has 102 valence electrons. The Hall–Kier alpha value is -1.02. The van der Waals surface area contributed by atoms with Gasteiger partial charge < -0.3 is 10.1 Å². The molecule has 2 nitrogen and oxygen atoms in total. The molecule has 1 aromatic rings. The van der Waals surface area contributed by atoms with Crippen molar-refractivity contribution in [2.24, 2.45) is 5.92 Å². The summed E-state index contributed by atoms with van der Waals surface area (Å²) in [5.41, 5.74) is 2.50. The van der Waals surface area contributed by atoms with Gasteiger partial charge in [0.15, 0.2) is 0 Å². The zero-order valence-corrected chi connectivity index (χ0v) is 12.4. The Labute approximate surface area is 112 Å². The molecule has 18 heavy (non-hydrogen) atoms. The van der Waals surface area contributed by atoms with Gasteiger partial charge in [-0.25, -0.2) is 0 Å². The minimum atomic E-state index is 0.422. The average Bonchev–Trinajstić information content (AvgIpc) is 2.31. The van der Waals surface area contributed by atoms with E-state index in [1.54, 1.807) is 0 Å². The van der Waals surface area contributed by atoms with Crippen LogP contribution < -0.4 is 10.1 Å². The third-order valence-electron chi connectivity index (χ3n) is 3.21. The molecule has 1 unspecified atom stereocenters. The number of benzene rings is 1. The molecule has 0 radical (unpaired) electrons. The lowest BCUT2D eigenvalue weighted by molar-refractivity contribution is 0.229. The van der Waals surface area contributed by atoms with E-state index in [2.05, 4.69) is 58.1 Å². The van der Waals surface area contributed by atoms with Crippen LogP contribution in [0, 0.1) is 19.8 Å². The van der Waals surface area contributed by atoms with E-state index in [0.29, 0.717) is 12.0 Å². The smallest absolute Gasteiger partial charge is 0.122 e. The van der Waals surface area contributed by atoms with Crippen LogP contribution in [0.4, 0.5) is 0 Å². The molecule has 0 aromatic heterocycles. The first-order chi connectivity index (χ1) is 8.54. The molecule has 0 bridgehead atoms. The summed E-state index contributed by atoms with van der Waals surface area (Å²) in [5.74, 6) is 1.59. The highest BCUT2D eigenvalue weighted by atomic mass is 16.5. The van der Waals surface area contributed by atoms with Crippen molar-refractivity contribution in [1.29, 1.82) is 0 Å². The van der Waals surface area contributed by atoms with Crippen molar-refractivity contribution >= 4 is 0 Å². The summed E-state index contributed by atoms with van der Waals surface area (Å²) in [4.78, 5) is 0. The van der Waals surface area contributed by atoms with Crippen molar-refractivity contribution < 1.29 is 4.74 Å². The molecule has 0 fully saturated rings. The molecule has 2 heteroatoms. The van der Waals surface area contributed by atoms with E-state index in [4.69, 9.17) is 4.74 Å². The zero-order valence-electron chi connectivity index (χ0n) is 12.4. The maximum absolute atomic E-state index is 5.95. The van der Waals surface area contributed by atoms with Crippen LogP contribution in [-0.2, 0) is 0 Å². The van der Waals surface area contributed by atoms with Gasteiger partial charge in [0.1, 0.15) is 12.4 Å². The molecular weight excluding hydrogens is 222 g/mol. The van der Waals surface area contributed by atoms with E-state index >= 15 is 0 Å². The first-order valence-corrected chi connectivity index (χ1v) is 6.98. The fraction of sp³-hybridized carbons (Fsp3) is 0.625. The van der Waals surface area contributed by atoms with Crippen molar-refractivity contribution in [3.63, 3.8) is 0 Å². The molecule has 1 rings (SSSR count). The Morgan fingerprint density at radius 3 is 2.50 bits per heavy atom. The van der Waals surface area contributed by atoms with Gasteiger partial charge in [-0.15, -0.1) is 0 Å². The monoisotopic (exact) mass is 249 g/mol. The predicted molar refractivity (Wildman–Crippen MR) is 78.3 cm³/mol. The molecule has 0 saturated heterocycles. The molecule has 1 aromatic carbocycles. The fourth-order valence-electron chi connectivity index (χ4n) is 1.96. The topological polar surface area (TPSA) is 21.3 Å². The second kappa shape index (κ2) is 7.42. The molecular formula is C16H27NO. The van der Waals surface area contributed by atoms with Crippen molar-refractivity contribution in [3.8, 4) is 5.75 Å². The third kappa shape index (κ3) is 4.69. The summed E-state index contributed by atoms with van der Waals surface area (Å²) in [6.45, 7) is 12.7. The zero-order chi connectivity index (χ0) is 13.5. The lowest BCUT2D eigenvalue weighted by atomic mass is 10.1. The van der Waals surface area contributed by atoms with Crippen LogP contribution in [0.2, 0.25) is 0 Å². The largest absolute Gasteiger partial charge is 0.492 e. The Kier molecular flexibility index (Phi) is 6.20. The lowest BCUT2D eigenvalue weighted by Crippen LogP contribution is -2.39. The van der Waals surface area contributed by atoms with Crippen LogP contribution in [0.1, 0.15) is 38.3 Å². The molecule has 1 N–H and O–H groups in total. The van der Waals surface area contributed by atoms with Gasteiger partial charge in [0, 0.05) is 6.04 Å². The third-order valence-corrected chi connectivity index (χ3v) is 3.21. The minimum Gasteiger partial charge on any atom is -0.492 e. The van der Waals surface area contributed by atoms with Gasteiger partial charge in [-0.1, -0.05) is 38.5 Å². The Balaban J connectivity index is 2.55. The van der Waals surface area contributed by atoms with E-state index in [-0.39, 0.29) is 0 Å². The minimum absolute atomic E-state index is 0.422. The number of ether oxygens (including phenoxy) is 1. The van der Waals surface area contributed by atoms with Crippen LogP contribution in [-0.4, -0.2) is 19.2 Å². The second-order valence-electron chi connectivity index (χ2n) is 5.38. The molecule has 0 spiro atoms. The summed E-state index contributed by atoms with van der Waals surface area (Å²) in [7, 11) is 0. The van der Waals surface area contributed by atoms with E-state index in [1.807, 2.05) is 0 Å². The van der Waals surface area contributed by atoms with Crippen molar-refractivity contribution in [2.45, 2.75) is 47.1 Å². The number of nitrogens with one attached hydrogen (secondary N) is 1. The van der Waals surface area contributed by atoms with E-state index in [0.717, 1.165) is 25.3 Å². The maximum Gasteiger partial charge on any atom is 0.122 e. The fourth-order valence-corrected chi connectivity index (χ4v) is 1.96. The molecule has 0 saturated carbocycles. The number of rotatable bonds is 7. The molecule has 0 aliphatic rings. The number of hydrogen-bond acceptors (Lipinski definition) is 2. The molecule has 0 heterocycles. The van der Waals surface area contributed by atoms with Crippen molar-refractivity contribution in [3.05, 3.63) is 29.3 Å². The summed E-state index contributed by atoms with van der Waals surface area (Å²) in [6, 6.07) is 6.76. The van der Waals surface area contributed by atoms with Crippen LogP contribution in [0.5, 0.6) is 5.75 Å². The number of aryl methyl sites for hydroxylation is 2. The highest BCUT2D eigenvalue weighted by molar-refractivity contribution is 5.35. The Morgan fingerprint density at radius 2 is 1.94 bits per heavy atom. The van der Waals surface area contributed by atoms with Gasteiger partial charge in [-0.3, -0.25) is 0 Å². The van der Waals surface area contributed by atoms with Crippen molar-refractivity contribution in [2.75, 3.05) is 13.2 Å². The Morgan fingerprint density at radius 1 is 1.22 bits per heavy atom. The lowest BCUT2D eigenvalue weighted by Gasteiger charge is -2.23. The first kappa shape index (κ1) is 15.0. The quantitative estimate of drug-likeness (QED) is 0.795. The highest BCUT2D eigenvalue weighted by Gasteiger charge is 2.13. The van der Waals surface area contributed by atoms with Crippen LogP contribution in [0.25, 0.3) is 0 Å². The van der Waals surface area contributed by atoms with Crippen LogP contribution in [0.3, 0.4) is 0 Å². The second-order valence-corrected chi connectivity index (χ2v) is 5.38. The summed E-state index contributed by atoms with van der Waals surface area (Å²) >= 11 is 0. The van der Waals surface area contributed by atoms with Gasteiger partial charge >= 0.3 is 0 Å². The maximum atomic E-state index is 5.95. The van der Waals surface area contributed by atoms with E-state index in [1.165, 1.54) is 11.1 Å². The standard InChI is InChI=1S/C16H27NO/c1-6-9-17-15(12(2)3)11-18-16-8-7-13(4)10-14(16)5/h7-8,10,12,15,17H,6,9,11H2,1-5H3.